The average Bonchev–Trinajstić information content (AvgIpc) is 3.04. The van der Waals surface area contributed by atoms with Crippen LogP contribution in [0.5, 0.6) is 0 Å². The van der Waals surface area contributed by atoms with E-state index in [4.69, 9.17) is 11.6 Å². The van der Waals surface area contributed by atoms with Crippen molar-refractivity contribution in [3.05, 3.63) is 57.4 Å². The fourth-order valence-electron chi connectivity index (χ4n) is 1.82. The van der Waals surface area contributed by atoms with Crippen molar-refractivity contribution in [1.82, 2.24) is 9.71 Å². The fraction of sp³-hybridized carbons (Fsp3) is 0. The van der Waals surface area contributed by atoms with E-state index in [1.54, 1.807) is 5.38 Å². The normalized spacial score (nSPS) is 15.9. The molecule has 11 heteroatoms. The van der Waals surface area contributed by atoms with Gasteiger partial charge in [0.2, 0.25) is 0 Å². The molecule has 124 valence electrons. The van der Waals surface area contributed by atoms with Crippen LogP contribution in [0.3, 0.4) is 0 Å². The highest BCUT2D eigenvalue weighted by atomic mass is 35.5. The largest absolute Gasteiger partial charge is 0.343 e. The highest BCUT2D eigenvalue weighted by molar-refractivity contribution is 7.88. The molecule has 7 nitrogen and oxygen atoms in total. The van der Waals surface area contributed by atoms with E-state index in [0.29, 0.717) is 5.01 Å². The molecule has 0 saturated heterocycles. The number of hydrogen-bond acceptors (Lipinski definition) is 5. The maximum Gasteiger partial charge on any atom is 0.343 e. The Hall–Kier alpha value is -2.30. The molecule has 2 N–H and O–H groups in total. The number of thiazole rings is 1. The van der Waals surface area contributed by atoms with Gasteiger partial charge in [-0.05, 0) is 24.3 Å². The quantitative estimate of drug-likeness (QED) is 0.843. The molecule has 2 heterocycles. The number of halogens is 2. The second-order valence-corrected chi connectivity index (χ2v) is 7.17. The van der Waals surface area contributed by atoms with Crippen LogP contribution < -0.4 is 10.0 Å². The van der Waals surface area contributed by atoms with E-state index < -0.39 is 21.9 Å². The zero-order chi connectivity index (χ0) is 17.3. The summed E-state index contributed by atoms with van der Waals surface area (Å²) in [5.41, 5.74) is 0.0199. The van der Waals surface area contributed by atoms with E-state index in [2.05, 4.69) is 14.7 Å². The Kier molecular flexibility index (Phi) is 4.35. The van der Waals surface area contributed by atoms with Gasteiger partial charge in [0, 0.05) is 17.3 Å². The van der Waals surface area contributed by atoms with Crippen molar-refractivity contribution in [2.45, 2.75) is 0 Å². The molecular weight excluding hydrogens is 379 g/mol. The molecule has 2 aromatic rings. The Morgan fingerprint density at radius 3 is 2.83 bits per heavy atom. The van der Waals surface area contributed by atoms with Gasteiger partial charge >= 0.3 is 10.2 Å². The van der Waals surface area contributed by atoms with Crippen molar-refractivity contribution in [2.24, 2.45) is 4.40 Å². The lowest BCUT2D eigenvalue weighted by Gasteiger charge is -2.14. The zero-order valence-electron chi connectivity index (χ0n) is 11.7. The molecule has 0 atom stereocenters. The summed E-state index contributed by atoms with van der Waals surface area (Å²) in [6.45, 7) is 0. The molecule has 0 spiro atoms. The van der Waals surface area contributed by atoms with Crippen LogP contribution >= 0.6 is 22.9 Å². The summed E-state index contributed by atoms with van der Waals surface area (Å²) in [5, 5.41) is 4.27. The van der Waals surface area contributed by atoms with E-state index in [1.807, 2.05) is 4.72 Å². The van der Waals surface area contributed by atoms with Crippen molar-refractivity contribution in [2.75, 3.05) is 5.32 Å². The molecular formula is C13H8ClFN4O3S2. The van der Waals surface area contributed by atoms with E-state index in [9.17, 15) is 17.6 Å². The summed E-state index contributed by atoms with van der Waals surface area (Å²) in [6.07, 6.45) is 2.76. The molecule has 1 aromatic heterocycles. The highest BCUT2D eigenvalue weighted by Crippen LogP contribution is 2.20. The van der Waals surface area contributed by atoms with Crippen LogP contribution in [-0.2, 0) is 15.0 Å². The number of anilines is 1. The standard InChI is InChI=1S/C13H8ClFN4O3S2/c14-8-5-7(1-2-9(8)15)17-12(20)10-6-11(13-16-3-4-23-13)19-24(21,22)18-10/h1-6,18H,(H,17,20). The van der Waals surface area contributed by atoms with Crippen molar-refractivity contribution >= 4 is 50.5 Å². The lowest BCUT2D eigenvalue weighted by molar-refractivity contribution is -0.113. The Morgan fingerprint density at radius 1 is 1.38 bits per heavy atom. The summed E-state index contributed by atoms with van der Waals surface area (Å²) >= 11 is 6.82. The summed E-state index contributed by atoms with van der Waals surface area (Å²) in [5.74, 6) is -1.38. The molecule has 1 aliphatic heterocycles. The van der Waals surface area contributed by atoms with Gasteiger partial charge in [-0.2, -0.15) is 8.42 Å². The molecule has 0 bridgehead atoms. The zero-order valence-corrected chi connectivity index (χ0v) is 14.0. The van der Waals surface area contributed by atoms with Crippen molar-refractivity contribution in [1.29, 1.82) is 0 Å². The lowest BCUT2D eigenvalue weighted by Crippen LogP contribution is -2.33. The maximum atomic E-state index is 13.1. The average molecular weight is 387 g/mol. The maximum absolute atomic E-state index is 13.1. The fourth-order valence-corrected chi connectivity index (χ4v) is 3.53. The molecule has 0 saturated carbocycles. The molecule has 1 aromatic carbocycles. The van der Waals surface area contributed by atoms with Crippen molar-refractivity contribution < 1.29 is 17.6 Å². The first-order valence-corrected chi connectivity index (χ1v) is 9.04. The molecule has 3 rings (SSSR count). The molecule has 1 aliphatic rings. The van der Waals surface area contributed by atoms with Gasteiger partial charge in [0.25, 0.3) is 5.91 Å². The number of nitrogens with one attached hydrogen (secondary N) is 2. The van der Waals surface area contributed by atoms with Crippen molar-refractivity contribution in [3.63, 3.8) is 0 Å². The summed E-state index contributed by atoms with van der Waals surface area (Å²) < 4.78 is 42.3. The molecule has 0 radical (unpaired) electrons. The van der Waals surface area contributed by atoms with Gasteiger partial charge in [-0.25, -0.2) is 9.37 Å². The van der Waals surface area contributed by atoms with Gasteiger partial charge in [0.15, 0.2) is 0 Å². The van der Waals surface area contributed by atoms with Crippen molar-refractivity contribution in [3.8, 4) is 0 Å². The Balaban J connectivity index is 1.88. The van der Waals surface area contributed by atoms with Gasteiger partial charge in [0.05, 0.1) is 5.02 Å². The minimum absolute atomic E-state index is 0.0473. The second kappa shape index (κ2) is 6.30. The number of carbonyl (C=O) groups is 1. The molecule has 24 heavy (non-hydrogen) atoms. The third kappa shape index (κ3) is 3.61. The van der Waals surface area contributed by atoms with Crippen LogP contribution in [0, 0.1) is 5.82 Å². The van der Waals surface area contributed by atoms with Crippen LogP contribution in [0.2, 0.25) is 5.02 Å². The Morgan fingerprint density at radius 2 is 2.17 bits per heavy atom. The van der Waals surface area contributed by atoms with Gasteiger partial charge in [-0.3, -0.25) is 9.52 Å². The SMILES string of the molecule is O=C(Nc1ccc(F)c(Cl)c1)C1=CC(c2nccs2)=NS(=O)(=O)N1. The van der Waals surface area contributed by atoms with E-state index >= 15 is 0 Å². The second-order valence-electron chi connectivity index (χ2n) is 4.53. The summed E-state index contributed by atoms with van der Waals surface area (Å²) in [6, 6.07) is 3.59. The number of allylic oxidation sites excluding steroid dienone is 1. The van der Waals surface area contributed by atoms with Crippen LogP contribution in [0.4, 0.5) is 10.1 Å². The van der Waals surface area contributed by atoms with Gasteiger partial charge < -0.3 is 5.32 Å². The number of nitrogens with zero attached hydrogens (tertiary/aromatic N) is 2. The topological polar surface area (TPSA) is 101 Å². The predicted molar refractivity (Wildman–Crippen MR) is 88.8 cm³/mol. The molecule has 0 fully saturated rings. The first kappa shape index (κ1) is 16.6. The summed E-state index contributed by atoms with van der Waals surface area (Å²) in [7, 11) is -4.07. The minimum atomic E-state index is -4.07. The van der Waals surface area contributed by atoms with E-state index in [-0.39, 0.29) is 22.1 Å². The van der Waals surface area contributed by atoms with Crippen LogP contribution in [-0.4, -0.2) is 25.0 Å². The summed E-state index contributed by atoms with van der Waals surface area (Å²) in [4.78, 5) is 16.2. The number of aromatic nitrogens is 1. The third-order valence-electron chi connectivity index (χ3n) is 2.81. The number of amides is 1. The van der Waals surface area contributed by atoms with Crippen LogP contribution in [0.1, 0.15) is 5.01 Å². The van der Waals surface area contributed by atoms with E-state index in [0.717, 1.165) is 6.07 Å². The number of carbonyl (C=O) groups excluding carboxylic acids is 1. The lowest BCUT2D eigenvalue weighted by atomic mass is 10.2. The predicted octanol–water partition coefficient (Wildman–Crippen LogP) is 2.10. The third-order valence-corrected chi connectivity index (χ3v) is 4.81. The Bertz CT molecular complexity index is 971. The van der Waals surface area contributed by atoms with Gasteiger partial charge in [0.1, 0.15) is 22.2 Å². The highest BCUT2D eigenvalue weighted by Gasteiger charge is 2.24. The monoisotopic (exact) mass is 386 g/mol. The minimum Gasteiger partial charge on any atom is -0.321 e. The molecule has 0 aliphatic carbocycles. The van der Waals surface area contributed by atoms with Gasteiger partial charge in [-0.15, -0.1) is 15.7 Å². The molecule has 0 unspecified atom stereocenters. The van der Waals surface area contributed by atoms with E-state index in [1.165, 1.54) is 35.7 Å². The first-order chi connectivity index (χ1) is 11.3. The first-order valence-electron chi connectivity index (χ1n) is 6.35. The van der Waals surface area contributed by atoms with Gasteiger partial charge in [-0.1, -0.05) is 11.6 Å². The number of hydrogen-bond donors (Lipinski definition) is 2. The Labute approximate surface area is 145 Å². The van der Waals surface area contributed by atoms with Crippen LogP contribution in [0.15, 0.2) is 45.9 Å². The molecule has 1 amide bonds. The van der Waals surface area contributed by atoms with Crippen LogP contribution in [0.25, 0.3) is 0 Å². The smallest absolute Gasteiger partial charge is 0.321 e. The number of rotatable bonds is 3. The number of benzene rings is 1.